The van der Waals surface area contributed by atoms with Crippen LogP contribution in [0.2, 0.25) is 5.02 Å². The Balaban J connectivity index is 1.51. The molecule has 1 aliphatic rings. The van der Waals surface area contributed by atoms with Crippen LogP contribution >= 0.6 is 23.4 Å². The molecule has 0 fully saturated rings. The maximum absolute atomic E-state index is 12.5. The summed E-state index contributed by atoms with van der Waals surface area (Å²) in [5, 5.41) is 16.9. The highest BCUT2D eigenvalue weighted by Crippen LogP contribution is 2.32. The molecule has 0 unspecified atom stereocenters. The highest BCUT2D eigenvalue weighted by Gasteiger charge is 2.24. The molecule has 33 heavy (non-hydrogen) atoms. The number of hydrogen-bond donors (Lipinski definition) is 3. The summed E-state index contributed by atoms with van der Waals surface area (Å²) in [6.07, 6.45) is 3.51. The largest absolute Gasteiger partial charge is 0.394 e. The molecule has 1 aromatic heterocycles. The van der Waals surface area contributed by atoms with Crippen molar-refractivity contribution in [2.75, 3.05) is 11.9 Å². The van der Waals surface area contributed by atoms with Gasteiger partial charge in [0.05, 0.1) is 33.3 Å². The molecular formula is C24H21ClN4O3S. The van der Waals surface area contributed by atoms with Gasteiger partial charge in [-0.25, -0.2) is 0 Å². The highest BCUT2D eigenvalue weighted by molar-refractivity contribution is 8.18. The van der Waals surface area contributed by atoms with Gasteiger partial charge < -0.3 is 15.7 Å². The molecule has 0 radical (unpaired) electrons. The van der Waals surface area contributed by atoms with Gasteiger partial charge in [-0.3, -0.25) is 14.6 Å². The molecule has 0 bridgehead atoms. The second kappa shape index (κ2) is 9.35. The van der Waals surface area contributed by atoms with Crippen molar-refractivity contribution in [2.45, 2.75) is 19.4 Å². The third kappa shape index (κ3) is 5.42. The van der Waals surface area contributed by atoms with Gasteiger partial charge in [-0.2, -0.15) is 4.99 Å². The van der Waals surface area contributed by atoms with E-state index in [4.69, 9.17) is 11.6 Å². The number of amides is 2. The maximum atomic E-state index is 12.5. The normalized spacial score (nSPS) is 15.1. The summed E-state index contributed by atoms with van der Waals surface area (Å²) >= 11 is 7.49. The number of amidine groups is 1. The van der Waals surface area contributed by atoms with Crippen LogP contribution in [0.25, 0.3) is 17.0 Å². The number of aliphatic imine (C=N–C) groups is 1. The number of aliphatic hydroxyl groups excluding tert-OH is 1. The third-order valence-corrected chi connectivity index (χ3v) is 6.09. The lowest BCUT2D eigenvalue weighted by Gasteiger charge is -2.23. The first kappa shape index (κ1) is 23.0. The van der Waals surface area contributed by atoms with Gasteiger partial charge in [-0.05, 0) is 73.6 Å². The zero-order chi connectivity index (χ0) is 23.6. The van der Waals surface area contributed by atoms with E-state index in [-0.39, 0.29) is 18.4 Å². The summed E-state index contributed by atoms with van der Waals surface area (Å²) in [7, 11) is 0. The molecule has 0 saturated heterocycles. The number of nitrogens with zero attached hydrogens (tertiary/aromatic N) is 2. The van der Waals surface area contributed by atoms with Gasteiger partial charge in [-0.15, -0.1) is 0 Å². The highest BCUT2D eigenvalue weighted by atomic mass is 35.5. The molecule has 168 valence electrons. The molecule has 4 rings (SSSR count). The Bertz CT molecular complexity index is 1320. The quantitative estimate of drug-likeness (QED) is 0.465. The second-order valence-corrected chi connectivity index (χ2v) is 9.54. The summed E-state index contributed by atoms with van der Waals surface area (Å²) < 4.78 is 0. The molecule has 0 saturated carbocycles. The van der Waals surface area contributed by atoms with Crippen molar-refractivity contribution in [3.63, 3.8) is 0 Å². The van der Waals surface area contributed by atoms with Crippen LogP contribution in [0, 0.1) is 0 Å². The van der Waals surface area contributed by atoms with Crippen LogP contribution in [-0.4, -0.2) is 39.2 Å². The number of halogens is 1. The average Bonchev–Trinajstić information content (AvgIpc) is 3.13. The number of aromatic nitrogens is 1. The summed E-state index contributed by atoms with van der Waals surface area (Å²) in [5.74, 6) is -0.708. The molecule has 2 amide bonds. The minimum atomic E-state index is -0.763. The molecule has 1 aliphatic heterocycles. The SMILES string of the molecule is CC(C)(CO)NC(=O)c1ccc(Cl)c(NC2=NC(=O)C(=Cc3ccc4ncccc4c3)S2)c1. The number of nitrogens with one attached hydrogen (secondary N) is 2. The molecule has 9 heteroatoms. The summed E-state index contributed by atoms with van der Waals surface area (Å²) in [4.78, 5) is 33.8. The number of anilines is 1. The van der Waals surface area contributed by atoms with Gasteiger partial charge in [0.25, 0.3) is 11.8 Å². The summed E-state index contributed by atoms with van der Waals surface area (Å²) in [6.45, 7) is 3.24. The Hall–Kier alpha value is -3.20. The molecule has 7 nitrogen and oxygen atoms in total. The number of hydrogen-bond acceptors (Lipinski definition) is 6. The standard InChI is InChI=1S/C24H21ClN4O3S/c1-24(2,13-30)29-21(31)16-6-7-17(25)19(12-16)27-23-28-22(32)20(33-23)11-14-5-8-18-15(10-14)4-3-9-26-18/h3-12,30H,13H2,1-2H3,(H,29,31)(H,27,28,32). The van der Waals surface area contributed by atoms with E-state index in [0.29, 0.717) is 26.3 Å². The predicted octanol–water partition coefficient (Wildman–Crippen LogP) is 4.47. The van der Waals surface area contributed by atoms with Crippen molar-refractivity contribution < 1.29 is 14.7 Å². The topological polar surface area (TPSA) is 104 Å². The number of benzene rings is 2. The van der Waals surface area contributed by atoms with Crippen LogP contribution in [0.4, 0.5) is 5.69 Å². The first-order valence-electron chi connectivity index (χ1n) is 10.1. The fraction of sp³-hybridized carbons (Fsp3) is 0.167. The monoisotopic (exact) mass is 480 g/mol. The van der Waals surface area contributed by atoms with Crippen LogP contribution in [-0.2, 0) is 4.79 Å². The lowest BCUT2D eigenvalue weighted by Crippen LogP contribution is -2.46. The molecule has 2 heterocycles. The summed E-state index contributed by atoms with van der Waals surface area (Å²) in [6, 6.07) is 14.3. The smallest absolute Gasteiger partial charge is 0.286 e. The Morgan fingerprint density at radius 2 is 2.03 bits per heavy atom. The molecule has 3 aromatic rings. The minimum Gasteiger partial charge on any atom is -0.394 e. The van der Waals surface area contributed by atoms with Gasteiger partial charge in [0, 0.05) is 17.1 Å². The average molecular weight is 481 g/mol. The van der Waals surface area contributed by atoms with Crippen molar-refractivity contribution >= 4 is 63.0 Å². The van der Waals surface area contributed by atoms with Gasteiger partial charge >= 0.3 is 0 Å². The van der Waals surface area contributed by atoms with Crippen LogP contribution in [0.3, 0.4) is 0 Å². The Morgan fingerprint density at radius 1 is 1.21 bits per heavy atom. The zero-order valence-electron chi connectivity index (χ0n) is 17.9. The Labute approximate surface area is 200 Å². The number of fused-ring (bicyclic) bond motifs is 1. The molecule has 2 aromatic carbocycles. The Morgan fingerprint density at radius 3 is 2.82 bits per heavy atom. The predicted molar refractivity (Wildman–Crippen MR) is 133 cm³/mol. The van der Waals surface area contributed by atoms with E-state index in [2.05, 4.69) is 20.6 Å². The minimum absolute atomic E-state index is 0.199. The van der Waals surface area contributed by atoms with Gasteiger partial charge in [0.15, 0.2) is 5.17 Å². The number of carbonyl (C=O) groups is 2. The van der Waals surface area contributed by atoms with Crippen LogP contribution in [0.5, 0.6) is 0 Å². The van der Waals surface area contributed by atoms with Crippen molar-refractivity contribution in [1.82, 2.24) is 10.3 Å². The van der Waals surface area contributed by atoms with E-state index in [1.165, 1.54) is 11.8 Å². The van der Waals surface area contributed by atoms with Gasteiger partial charge in [0.1, 0.15) is 0 Å². The van der Waals surface area contributed by atoms with E-state index in [9.17, 15) is 14.7 Å². The van der Waals surface area contributed by atoms with E-state index in [1.807, 2.05) is 30.3 Å². The van der Waals surface area contributed by atoms with Gasteiger partial charge in [-0.1, -0.05) is 23.7 Å². The lowest BCUT2D eigenvalue weighted by molar-refractivity contribution is -0.113. The molecule has 3 N–H and O–H groups in total. The van der Waals surface area contributed by atoms with E-state index in [1.54, 1.807) is 44.3 Å². The number of rotatable bonds is 5. The van der Waals surface area contributed by atoms with Crippen LogP contribution in [0.15, 0.2) is 64.6 Å². The molecule has 0 atom stereocenters. The number of thioether (sulfide) groups is 1. The van der Waals surface area contributed by atoms with Crippen molar-refractivity contribution in [3.05, 3.63) is 75.8 Å². The van der Waals surface area contributed by atoms with Gasteiger partial charge in [0.2, 0.25) is 0 Å². The number of aliphatic hydroxyl groups is 1. The number of pyridine rings is 1. The van der Waals surface area contributed by atoms with Crippen molar-refractivity contribution in [2.24, 2.45) is 4.99 Å². The van der Waals surface area contributed by atoms with E-state index >= 15 is 0 Å². The van der Waals surface area contributed by atoms with Crippen molar-refractivity contribution in [1.29, 1.82) is 0 Å². The number of carbonyl (C=O) groups excluding carboxylic acids is 2. The van der Waals surface area contributed by atoms with Crippen molar-refractivity contribution in [3.8, 4) is 0 Å². The van der Waals surface area contributed by atoms with E-state index < -0.39 is 5.54 Å². The fourth-order valence-corrected chi connectivity index (χ4v) is 4.09. The first-order valence-corrected chi connectivity index (χ1v) is 11.3. The Kier molecular flexibility index (Phi) is 6.51. The zero-order valence-corrected chi connectivity index (χ0v) is 19.5. The van der Waals surface area contributed by atoms with Crippen LogP contribution < -0.4 is 10.6 Å². The first-order chi connectivity index (χ1) is 15.7. The second-order valence-electron chi connectivity index (χ2n) is 8.10. The maximum Gasteiger partial charge on any atom is 0.286 e. The van der Waals surface area contributed by atoms with Crippen LogP contribution in [0.1, 0.15) is 29.8 Å². The molecular weight excluding hydrogens is 460 g/mol. The van der Waals surface area contributed by atoms with E-state index in [0.717, 1.165) is 16.5 Å². The molecule has 0 spiro atoms. The molecule has 0 aliphatic carbocycles. The third-order valence-electron chi connectivity index (χ3n) is 4.86. The lowest BCUT2D eigenvalue weighted by atomic mass is 10.1. The fourth-order valence-electron chi connectivity index (χ4n) is 3.09. The summed E-state index contributed by atoms with van der Waals surface area (Å²) in [5.41, 5.74) is 1.79.